The third-order valence-corrected chi connectivity index (χ3v) is 13.4. The lowest BCUT2D eigenvalue weighted by atomic mass is 9.40. The van der Waals surface area contributed by atoms with Gasteiger partial charge in [-0.3, -0.25) is 0 Å². The van der Waals surface area contributed by atoms with Crippen LogP contribution in [0.1, 0.15) is 103 Å². The summed E-state index contributed by atoms with van der Waals surface area (Å²) >= 11 is 0. The van der Waals surface area contributed by atoms with Crippen LogP contribution in [0.5, 0.6) is 0 Å². The maximum absolute atomic E-state index is 12.0. The second kappa shape index (κ2) is 9.45. The normalized spacial score (nSPS) is 38.5. The fraction of sp³-hybridized carbons (Fsp3) is 0.615. The van der Waals surface area contributed by atoms with Crippen LogP contribution in [-0.4, -0.2) is 40.5 Å². The molecule has 5 aliphatic rings. The number of methoxy groups -OCH3 is 1. The SMILES string of the molecule is COC(=O)/C(C)=C/C=C/[C@]1(C)[C@@H](O)CC[C@@]2(C)[C@H]1CC[C@H]1Cc3c([nH]c4cc5c(cc34)C3=CC(C)(C)OC(C)(C)[C@H]3C5)[C@@]12C. The number of ether oxygens (including phenoxy) is 2. The van der Waals surface area contributed by atoms with E-state index in [4.69, 9.17) is 9.47 Å². The Morgan fingerprint density at radius 1 is 1.07 bits per heavy atom. The summed E-state index contributed by atoms with van der Waals surface area (Å²) in [5.74, 6) is 0.972. The van der Waals surface area contributed by atoms with Crippen molar-refractivity contribution in [2.45, 2.75) is 117 Å². The molecule has 0 spiro atoms. The number of H-pyrrole nitrogens is 1. The molecule has 2 aromatic rings. The Bertz CT molecular complexity index is 1650. The Labute approximate surface area is 263 Å². The highest BCUT2D eigenvalue weighted by Crippen LogP contribution is 2.70. The van der Waals surface area contributed by atoms with Crippen LogP contribution in [-0.2, 0) is 32.5 Å². The van der Waals surface area contributed by atoms with Gasteiger partial charge < -0.3 is 19.6 Å². The van der Waals surface area contributed by atoms with E-state index in [1.165, 1.54) is 46.0 Å². The van der Waals surface area contributed by atoms with Gasteiger partial charge in [0.1, 0.15) is 0 Å². The van der Waals surface area contributed by atoms with Crippen molar-refractivity contribution in [3.63, 3.8) is 0 Å². The maximum Gasteiger partial charge on any atom is 0.333 e. The first-order valence-corrected chi connectivity index (χ1v) is 16.8. The molecule has 7 atom stereocenters. The molecule has 0 bridgehead atoms. The van der Waals surface area contributed by atoms with Crippen molar-refractivity contribution in [2.24, 2.45) is 28.6 Å². The molecule has 5 nitrogen and oxygen atoms in total. The van der Waals surface area contributed by atoms with Crippen molar-refractivity contribution < 1.29 is 19.4 Å². The Kier molecular flexibility index (Phi) is 6.45. The highest BCUT2D eigenvalue weighted by Gasteiger charge is 2.66. The van der Waals surface area contributed by atoms with E-state index >= 15 is 0 Å². The highest BCUT2D eigenvalue weighted by atomic mass is 16.5. The molecule has 2 heterocycles. The molecule has 1 aromatic heterocycles. The maximum atomic E-state index is 12.0. The van der Waals surface area contributed by atoms with E-state index in [0.717, 1.165) is 38.5 Å². The predicted octanol–water partition coefficient (Wildman–Crippen LogP) is 7.99. The van der Waals surface area contributed by atoms with Gasteiger partial charge in [-0.2, -0.15) is 0 Å². The van der Waals surface area contributed by atoms with E-state index in [1.807, 2.05) is 12.2 Å². The molecule has 1 aliphatic heterocycles. The average Bonchev–Trinajstić information content (AvgIpc) is 3.58. The van der Waals surface area contributed by atoms with E-state index in [9.17, 15) is 9.90 Å². The van der Waals surface area contributed by atoms with Crippen LogP contribution in [0.2, 0.25) is 0 Å². The van der Waals surface area contributed by atoms with E-state index in [-0.39, 0.29) is 33.4 Å². The second-order valence-electron chi connectivity index (χ2n) is 16.5. The predicted molar refractivity (Wildman–Crippen MR) is 176 cm³/mol. The number of aliphatic hydroxyl groups is 1. The van der Waals surface area contributed by atoms with Gasteiger partial charge in [0, 0.05) is 38.9 Å². The summed E-state index contributed by atoms with van der Waals surface area (Å²) in [5.41, 5.74) is 8.28. The summed E-state index contributed by atoms with van der Waals surface area (Å²) in [6, 6.07) is 4.96. The van der Waals surface area contributed by atoms with Gasteiger partial charge in [-0.1, -0.05) is 39.0 Å². The van der Waals surface area contributed by atoms with Crippen molar-refractivity contribution >= 4 is 22.4 Å². The summed E-state index contributed by atoms with van der Waals surface area (Å²) in [6.45, 7) is 17.9. The van der Waals surface area contributed by atoms with Gasteiger partial charge in [-0.15, -0.1) is 0 Å². The fourth-order valence-electron chi connectivity index (χ4n) is 11.0. The van der Waals surface area contributed by atoms with Gasteiger partial charge in [0.2, 0.25) is 0 Å². The molecule has 0 saturated heterocycles. The van der Waals surface area contributed by atoms with Crippen molar-refractivity contribution in [2.75, 3.05) is 7.11 Å². The van der Waals surface area contributed by atoms with E-state index < -0.39 is 6.10 Å². The molecule has 2 saturated carbocycles. The number of hydrogen-bond acceptors (Lipinski definition) is 4. The zero-order chi connectivity index (χ0) is 31.6. The molecule has 1 aromatic carbocycles. The molecule has 0 radical (unpaired) electrons. The Morgan fingerprint density at radius 2 is 1.82 bits per heavy atom. The molecule has 236 valence electrons. The lowest BCUT2D eigenvalue weighted by molar-refractivity contribution is -0.144. The van der Waals surface area contributed by atoms with Gasteiger partial charge in [0.15, 0.2) is 0 Å². The molecule has 44 heavy (non-hydrogen) atoms. The van der Waals surface area contributed by atoms with Crippen LogP contribution < -0.4 is 0 Å². The zero-order valence-electron chi connectivity index (χ0n) is 28.2. The van der Waals surface area contributed by atoms with E-state index in [1.54, 1.807) is 6.92 Å². The van der Waals surface area contributed by atoms with E-state index in [2.05, 4.69) is 77.7 Å². The van der Waals surface area contributed by atoms with Crippen LogP contribution in [0.4, 0.5) is 0 Å². The average molecular weight is 598 g/mol. The minimum atomic E-state index is -0.412. The number of carbonyl (C=O) groups excluding carboxylic acids is 1. The van der Waals surface area contributed by atoms with Crippen LogP contribution in [0.15, 0.2) is 42.0 Å². The monoisotopic (exact) mass is 597 g/mol. The number of carbonyl (C=O) groups is 1. The molecule has 2 N–H and O–H groups in total. The van der Waals surface area contributed by atoms with Crippen molar-refractivity contribution in [1.82, 2.24) is 4.98 Å². The standard InChI is InChI=1S/C39H51NO4/c1-22(34(42)43-9)11-10-15-37(6)31-13-12-24-19-27-26-20-25-23(17-29-28(25)21-35(2,3)44-36(29,4)5)18-30(26)40-33(27)39(24,8)38(31,7)16-14-32(37)41/h10-11,15,18,20-21,24,29,31-32,40-41H,12-14,16-17,19H2,1-9H3/b15-10+,22-11+/t24-,29-,31-,32-,37-,38-,39+/m0/s1. The summed E-state index contributed by atoms with van der Waals surface area (Å²) in [5, 5.41) is 12.9. The number of esters is 1. The number of rotatable bonds is 3. The number of nitrogens with one attached hydrogen (secondary N) is 1. The topological polar surface area (TPSA) is 71.5 Å². The summed E-state index contributed by atoms with van der Waals surface area (Å²) < 4.78 is 11.4. The Morgan fingerprint density at radius 3 is 2.55 bits per heavy atom. The number of aliphatic hydroxyl groups excluding tert-OH is 1. The lowest BCUT2D eigenvalue weighted by Gasteiger charge is -2.64. The van der Waals surface area contributed by atoms with Crippen LogP contribution in [0, 0.1) is 28.6 Å². The molecule has 4 aliphatic carbocycles. The van der Waals surface area contributed by atoms with Crippen molar-refractivity contribution in [1.29, 1.82) is 0 Å². The van der Waals surface area contributed by atoms with Crippen LogP contribution >= 0.6 is 0 Å². The van der Waals surface area contributed by atoms with Gasteiger partial charge in [0.05, 0.1) is 24.4 Å². The third-order valence-electron chi connectivity index (χ3n) is 13.4. The molecule has 0 amide bonds. The fourth-order valence-corrected chi connectivity index (χ4v) is 11.0. The Hall–Kier alpha value is -2.63. The third kappa shape index (κ3) is 3.93. The smallest absolute Gasteiger partial charge is 0.333 e. The number of aromatic amines is 1. The van der Waals surface area contributed by atoms with Crippen molar-refractivity contribution in [3.8, 4) is 0 Å². The molecule has 5 heteroatoms. The number of hydrogen-bond donors (Lipinski definition) is 2. The quantitative estimate of drug-likeness (QED) is 0.214. The number of fused-ring (bicyclic) bond motifs is 10. The van der Waals surface area contributed by atoms with Gasteiger partial charge in [-0.25, -0.2) is 4.79 Å². The summed E-state index contributed by atoms with van der Waals surface area (Å²) in [6.07, 6.45) is 14.1. The lowest BCUT2D eigenvalue weighted by Crippen LogP contribution is -2.61. The summed E-state index contributed by atoms with van der Waals surface area (Å²) in [7, 11) is 1.41. The molecule has 0 unspecified atom stereocenters. The molecule has 2 fully saturated rings. The largest absolute Gasteiger partial charge is 0.466 e. The van der Waals surface area contributed by atoms with Crippen LogP contribution in [0.3, 0.4) is 0 Å². The summed E-state index contributed by atoms with van der Waals surface area (Å²) in [4.78, 5) is 16.0. The second-order valence-corrected chi connectivity index (χ2v) is 16.5. The first kappa shape index (κ1) is 30.0. The molecular formula is C39H51NO4. The minimum absolute atomic E-state index is 0.00775. The molecule has 7 rings (SSSR count). The number of aromatic nitrogens is 1. The van der Waals surface area contributed by atoms with Crippen LogP contribution in [0.25, 0.3) is 16.5 Å². The zero-order valence-corrected chi connectivity index (χ0v) is 28.2. The van der Waals surface area contributed by atoms with Gasteiger partial charge in [-0.05, 0) is 131 Å². The van der Waals surface area contributed by atoms with Crippen molar-refractivity contribution in [3.05, 3.63) is 64.4 Å². The number of benzene rings is 1. The molecular weight excluding hydrogens is 546 g/mol. The van der Waals surface area contributed by atoms with E-state index in [0.29, 0.717) is 23.3 Å². The highest BCUT2D eigenvalue weighted by molar-refractivity contribution is 5.93. The first-order valence-electron chi connectivity index (χ1n) is 16.8. The van der Waals surface area contributed by atoms with Gasteiger partial charge in [0.25, 0.3) is 0 Å². The number of allylic oxidation sites excluding steroid dienone is 2. The minimum Gasteiger partial charge on any atom is -0.466 e. The first-order chi connectivity index (χ1) is 20.6. The Balaban J connectivity index is 1.30. The van der Waals surface area contributed by atoms with Gasteiger partial charge >= 0.3 is 5.97 Å².